The van der Waals surface area contributed by atoms with Crippen molar-refractivity contribution in [1.29, 1.82) is 0 Å². The zero-order valence-corrected chi connectivity index (χ0v) is 12.7. The largest absolute Gasteiger partial charge is 0.481 e. The van der Waals surface area contributed by atoms with Crippen LogP contribution in [0.4, 0.5) is 0 Å². The normalized spacial score (nSPS) is 30.1. The topological polar surface area (TPSA) is 115 Å². The summed E-state index contributed by atoms with van der Waals surface area (Å²) >= 11 is 0. The van der Waals surface area contributed by atoms with Crippen molar-refractivity contribution in [3.8, 4) is 0 Å². The fourth-order valence-corrected chi connectivity index (χ4v) is 3.74. The van der Waals surface area contributed by atoms with Gasteiger partial charge in [0.1, 0.15) is 5.41 Å². The Hall–Kier alpha value is -1.14. The van der Waals surface area contributed by atoms with Gasteiger partial charge in [0.15, 0.2) is 5.79 Å². The molecule has 0 radical (unpaired) electrons. The molecule has 0 bridgehead atoms. The maximum atomic E-state index is 11.9. The van der Waals surface area contributed by atoms with Gasteiger partial charge >= 0.3 is 11.9 Å². The molecule has 1 aliphatic carbocycles. The van der Waals surface area contributed by atoms with E-state index < -0.39 is 36.0 Å². The third kappa shape index (κ3) is 3.37. The molecule has 1 rings (SSSR count). The quantitative estimate of drug-likeness (QED) is 0.533. The van der Waals surface area contributed by atoms with E-state index >= 15 is 0 Å². The second-order valence-corrected chi connectivity index (χ2v) is 6.15. The first-order valence-electron chi connectivity index (χ1n) is 7.61. The van der Waals surface area contributed by atoms with Gasteiger partial charge in [-0.2, -0.15) is 0 Å². The summed E-state index contributed by atoms with van der Waals surface area (Å²) in [6, 6.07) is 0. The highest BCUT2D eigenvalue weighted by molar-refractivity contribution is 5.77. The molecule has 0 aromatic heterocycles. The van der Waals surface area contributed by atoms with E-state index in [4.69, 9.17) is 5.11 Å². The zero-order valence-electron chi connectivity index (χ0n) is 12.7. The van der Waals surface area contributed by atoms with Gasteiger partial charge < -0.3 is 20.4 Å². The predicted molar refractivity (Wildman–Crippen MR) is 75.5 cm³/mol. The number of carbonyl (C=O) groups is 2. The standard InChI is InChI=1S/C15H26O6/c1-3-10-5-6-11(4-2)14(9-10,13(18)19)15(20,21)8-7-12(16)17/h10-11,20-21H,3-9H2,1-2H3,(H,16,17)(H,18,19). The molecular weight excluding hydrogens is 276 g/mol. The third-order valence-corrected chi connectivity index (χ3v) is 5.08. The van der Waals surface area contributed by atoms with Crippen LogP contribution in [0.5, 0.6) is 0 Å². The Bertz CT molecular complexity index is 392. The average Bonchev–Trinajstić information content (AvgIpc) is 2.43. The van der Waals surface area contributed by atoms with E-state index in [1.54, 1.807) is 0 Å². The SMILES string of the molecule is CCC1CCC(CC)C(C(=O)O)(C(O)(O)CCC(=O)O)C1. The summed E-state index contributed by atoms with van der Waals surface area (Å²) < 4.78 is 0. The lowest BCUT2D eigenvalue weighted by Gasteiger charge is -2.50. The van der Waals surface area contributed by atoms with E-state index in [-0.39, 0.29) is 18.3 Å². The summed E-state index contributed by atoms with van der Waals surface area (Å²) in [7, 11) is 0. The van der Waals surface area contributed by atoms with Crippen LogP contribution in [0.3, 0.4) is 0 Å². The van der Waals surface area contributed by atoms with Gasteiger partial charge in [-0.3, -0.25) is 9.59 Å². The van der Waals surface area contributed by atoms with Crippen LogP contribution in [-0.2, 0) is 9.59 Å². The number of aliphatic hydroxyl groups is 2. The van der Waals surface area contributed by atoms with E-state index in [0.29, 0.717) is 12.8 Å². The van der Waals surface area contributed by atoms with E-state index in [9.17, 15) is 24.9 Å². The average molecular weight is 302 g/mol. The molecule has 6 heteroatoms. The lowest BCUT2D eigenvalue weighted by Crippen LogP contribution is -2.60. The molecule has 0 heterocycles. The molecule has 1 aliphatic rings. The minimum absolute atomic E-state index is 0.118. The maximum absolute atomic E-state index is 11.9. The molecular formula is C15H26O6. The molecule has 122 valence electrons. The summed E-state index contributed by atoms with van der Waals surface area (Å²) in [6.45, 7) is 3.79. The van der Waals surface area contributed by atoms with Gasteiger partial charge in [-0.15, -0.1) is 0 Å². The van der Waals surface area contributed by atoms with Gasteiger partial charge in [0.2, 0.25) is 0 Å². The molecule has 0 aromatic rings. The van der Waals surface area contributed by atoms with E-state index in [0.717, 1.165) is 12.8 Å². The monoisotopic (exact) mass is 302 g/mol. The molecule has 0 spiro atoms. The molecule has 0 saturated heterocycles. The molecule has 1 saturated carbocycles. The number of hydrogen-bond donors (Lipinski definition) is 4. The van der Waals surface area contributed by atoms with E-state index in [1.165, 1.54) is 0 Å². The van der Waals surface area contributed by atoms with Crippen molar-refractivity contribution in [2.24, 2.45) is 17.3 Å². The number of carboxylic acids is 2. The molecule has 21 heavy (non-hydrogen) atoms. The second kappa shape index (κ2) is 6.75. The first kappa shape index (κ1) is 17.9. The Balaban J connectivity index is 3.18. The van der Waals surface area contributed by atoms with Crippen molar-refractivity contribution in [2.75, 3.05) is 0 Å². The number of carboxylic acid groups (broad SMARTS) is 2. The molecule has 3 atom stereocenters. The van der Waals surface area contributed by atoms with Crippen molar-refractivity contribution >= 4 is 11.9 Å². The van der Waals surface area contributed by atoms with Crippen LogP contribution in [-0.4, -0.2) is 38.2 Å². The van der Waals surface area contributed by atoms with Crippen molar-refractivity contribution in [2.45, 2.75) is 64.6 Å². The fraction of sp³-hybridized carbons (Fsp3) is 0.867. The van der Waals surface area contributed by atoms with Crippen LogP contribution >= 0.6 is 0 Å². The highest BCUT2D eigenvalue weighted by Crippen LogP contribution is 2.53. The van der Waals surface area contributed by atoms with Gasteiger partial charge in [-0.1, -0.05) is 33.1 Å². The minimum Gasteiger partial charge on any atom is -0.481 e. The number of hydrogen-bond acceptors (Lipinski definition) is 4. The molecule has 0 amide bonds. The summed E-state index contributed by atoms with van der Waals surface area (Å²) in [6.07, 6.45) is 2.05. The van der Waals surface area contributed by atoms with E-state index in [1.807, 2.05) is 13.8 Å². The molecule has 0 aliphatic heterocycles. The van der Waals surface area contributed by atoms with Crippen LogP contribution in [0.2, 0.25) is 0 Å². The summed E-state index contributed by atoms with van der Waals surface area (Å²) in [5, 5.41) is 39.4. The first-order chi connectivity index (χ1) is 9.71. The minimum atomic E-state index is -2.51. The molecule has 1 fully saturated rings. The molecule has 0 aromatic carbocycles. The van der Waals surface area contributed by atoms with Crippen molar-refractivity contribution < 1.29 is 30.0 Å². The first-order valence-corrected chi connectivity index (χ1v) is 7.61. The highest BCUT2D eigenvalue weighted by Gasteiger charge is 2.61. The van der Waals surface area contributed by atoms with Gasteiger partial charge in [-0.25, -0.2) is 0 Å². The Morgan fingerprint density at radius 2 is 1.76 bits per heavy atom. The lowest BCUT2D eigenvalue weighted by atomic mass is 9.57. The summed E-state index contributed by atoms with van der Waals surface area (Å²) in [4.78, 5) is 22.6. The Kier molecular flexibility index (Phi) is 5.75. The van der Waals surface area contributed by atoms with E-state index in [2.05, 4.69) is 0 Å². The van der Waals surface area contributed by atoms with Crippen LogP contribution in [0.1, 0.15) is 58.8 Å². The maximum Gasteiger partial charge on any atom is 0.315 e. The van der Waals surface area contributed by atoms with Crippen LogP contribution in [0.25, 0.3) is 0 Å². The molecule has 4 N–H and O–H groups in total. The number of rotatable bonds is 7. The highest BCUT2D eigenvalue weighted by atomic mass is 16.5. The second-order valence-electron chi connectivity index (χ2n) is 6.15. The van der Waals surface area contributed by atoms with Crippen molar-refractivity contribution in [1.82, 2.24) is 0 Å². The van der Waals surface area contributed by atoms with Gasteiger partial charge in [0, 0.05) is 6.42 Å². The lowest BCUT2D eigenvalue weighted by molar-refractivity contribution is -0.275. The third-order valence-electron chi connectivity index (χ3n) is 5.08. The van der Waals surface area contributed by atoms with Crippen LogP contribution in [0.15, 0.2) is 0 Å². The van der Waals surface area contributed by atoms with Crippen LogP contribution < -0.4 is 0 Å². The van der Waals surface area contributed by atoms with Crippen molar-refractivity contribution in [3.05, 3.63) is 0 Å². The fourth-order valence-electron chi connectivity index (χ4n) is 3.74. The number of aliphatic carboxylic acids is 2. The van der Waals surface area contributed by atoms with Crippen molar-refractivity contribution in [3.63, 3.8) is 0 Å². The van der Waals surface area contributed by atoms with Gasteiger partial charge in [0.05, 0.1) is 6.42 Å². The molecule has 3 unspecified atom stereocenters. The Labute approximate surface area is 124 Å². The van der Waals surface area contributed by atoms with Gasteiger partial charge in [-0.05, 0) is 24.7 Å². The Morgan fingerprint density at radius 1 is 1.14 bits per heavy atom. The predicted octanol–water partition coefficient (Wildman–Crippen LogP) is 1.84. The van der Waals surface area contributed by atoms with Crippen LogP contribution in [0, 0.1) is 17.3 Å². The smallest absolute Gasteiger partial charge is 0.315 e. The zero-order chi connectivity index (χ0) is 16.3. The summed E-state index contributed by atoms with van der Waals surface area (Å²) in [5.74, 6) is -5.15. The Morgan fingerprint density at radius 3 is 2.19 bits per heavy atom. The molecule has 6 nitrogen and oxygen atoms in total. The summed E-state index contributed by atoms with van der Waals surface area (Å²) in [5.41, 5.74) is -1.68. The van der Waals surface area contributed by atoms with Gasteiger partial charge in [0.25, 0.3) is 0 Å².